The minimum Gasteiger partial charge on any atom is -0.493 e. The van der Waals surface area contributed by atoms with Crippen LogP contribution in [0.5, 0.6) is 11.5 Å². The summed E-state index contributed by atoms with van der Waals surface area (Å²) in [5, 5.41) is 9.11. The molecule has 0 radical (unpaired) electrons. The molecular weight excluding hydrogens is 268 g/mol. The van der Waals surface area contributed by atoms with Crippen molar-refractivity contribution in [3.8, 4) is 17.6 Å². The molecule has 5 nitrogen and oxygen atoms in total. The molecular formula is C16H20N2O3. The molecule has 2 rings (SSSR count). The van der Waals surface area contributed by atoms with Gasteiger partial charge in [-0.05, 0) is 43.5 Å². The van der Waals surface area contributed by atoms with Crippen LogP contribution in [0.25, 0.3) is 0 Å². The maximum atomic E-state index is 12.4. The van der Waals surface area contributed by atoms with E-state index in [2.05, 4.69) is 6.07 Å². The Morgan fingerprint density at radius 2 is 1.81 bits per heavy atom. The molecule has 1 amide bonds. The van der Waals surface area contributed by atoms with Crippen LogP contribution in [0.3, 0.4) is 0 Å². The first kappa shape index (κ1) is 15.2. The number of methoxy groups -OCH3 is 2. The lowest BCUT2D eigenvalue weighted by Gasteiger charge is -2.32. The third-order valence-electron chi connectivity index (χ3n) is 3.82. The van der Waals surface area contributed by atoms with E-state index in [1.54, 1.807) is 33.0 Å². The smallest absolute Gasteiger partial charge is 0.242 e. The van der Waals surface area contributed by atoms with Crippen molar-refractivity contribution >= 4 is 5.91 Å². The lowest BCUT2D eigenvalue weighted by molar-refractivity contribution is -0.138. The van der Waals surface area contributed by atoms with Crippen molar-refractivity contribution in [3.63, 3.8) is 0 Å². The second kappa shape index (κ2) is 5.65. The zero-order valence-electron chi connectivity index (χ0n) is 12.9. The van der Waals surface area contributed by atoms with Crippen LogP contribution in [0.1, 0.15) is 25.0 Å². The van der Waals surface area contributed by atoms with Crippen LogP contribution >= 0.6 is 0 Å². The van der Waals surface area contributed by atoms with Gasteiger partial charge in [-0.2, -0.15) is 5.26 Å². The SMILES string of the molecule is COc1cc2c(cc1OC)CN(C(=O)C(C)(C)C#N)CC2. The monoisotopic (exact) mass is 288 g/mol. The molecule has 0 N–H and O–H groups in total. The summed E-state index contributed by atoms with van der Waals surface area (Å²) in [4.78, 5) is 14.1. The van der Waals surface area contributed by atoms with Crippen molar-refractivity contribution < 1.29 is 14.3 Å². The molecule has 0 aliphatic carbocycles. The van der Waals surface area contributed by atoms with E-state index in [4.69, 9.17) is 14.7 Å². The van der Waals surface area contributed by atoms with E-state index in [-0.39, 0.29) is 5.91 Å². The topological polar surface area (TPSA) is 62.6 Å². The zero-order chi connectivity index (χ0) is 15.6. The number of rotatable bonds is 3. The number of hydrogen-bond acceptors (Lipinski definition) is 4. The number of nitrogens with zero attached hydrogens (tertiary/aromatic N) is 2. The number of amides is 1. The second-order valence-electron chi connectivity index (χ2n) is 5.69. The molecule has 5 heteroatoms. The van der Waals surface area contributed by atoms with Crippen LogP contribution in [0, 0.1) is 16.7 Å². The Kier molecular flexibility index (Phi) is 4.08. The minimum absolute atomic E-state index is 0.134. The number of nitriles is 1. The van der Waals surface area contributed by atoms with Crippen molar-refractivity contribution in [3.05, 3.63) is 23.3 Å². The summed E-state index contributed by atoms with van der Waals surface area (Å²) in [5.41, 5.74) is 1.21. The Balaban J connectivity index is 2.29. The summed E-state index contributed by atoms with van der Waals surface area (Å²) in [6.07, 6.45) is 0.753. The molecule has 0 aromatic heterocycles. The molecule has 1 aliphatic heterocycles. The van der Waals surface area contributed by atoms with Crippen LogP contribution in [0.4, 0.5) is 0 Å². The van der Waals surface area contributed by atoms with E-state index in [9.17, 15) is 4.79 Å². The number of hydrogen-bond donors (Lipinski definition) is 0. The van der Waals surface area contributed by atoms with E-state index in [0.717, 1.165) is 17.5 Å². The van der Waals surface area contributed by atoms with Crippen molar-refractivity contribution in [2.75, 3.05) is 20.8 Å². The van der Waals surface area contributed by atoms with E-state index in [1.807, 2.05) is 12.1 Å². The Bertz CT molecular complexity index is 602. The first-order valence-corrected chi connectivity index (χ1v) is 6.87. The summed E-state index contributed by atoms with van der Waals surface area (Å²) in [7, 11) is 3.20. The van der Waals surface area contributed by atoms with Crippen LogP contribution < -0.4 is 9.47 Å². The number of fused-ring (bicyclic) bond motifs is 1. The molecule has 0 bridgehead atoms. The van der Waals surface area contributed by atoms with Gasteiger partial charge in [0.15, 0.2) is 11.5 Å². The standard InChI is InChI=1S/C16H20N2O3/c1-16(2,10-17)15(19)18-6-5-11-7-13(20-3)14(21-4)8-12(11)9-18/h7-8H,5-6,9H2,1-4H3. The predicted molar refractivity (Wildman–Crippen MR) is 78.1 cm³/mol. The summed E-state index contributed by atoms with van der Waals surface area (Å²) in [6.45, 7) is 4.42. The Morgan fingerprint density at radius 3 is 2.33 bits per heavy atom. The van der Waals surface area contributed by atoms with Crippen molar-refractivity contribution in [1.82, 2.24) is 4.90 Å². The van der Waals surface area contributed by atoms with Gasteiger partial charge in [0, 0.05) is 13.1 Å². The van der Waals surface area contributed by atoms with Gasteiger partial charge in [0.2, 0.25) is 5.91 Å². The van der Waals surface area contributed by atoms with Gasteiger partial charge in [-0.25, -0.2) is 0 Å². The van der Waals surface area contributed by atoms with E-state index >= 15 is 0 Å². The second-order valence-corrected chi connectivity index (χ2v) is 5.69. The average molecular weight is 288 g/mol. The molecule has 21 heavy (non-hydrogen) atoms. The third-order valence-corrected chi connectivity index (χ3v) is 3.82. The Labute approximate surface area is 125 Å². The summed E-state index contributed by atoms with van der Waals surface area (Å²) in [6, 6.07) is 5.94. The Morgan fingerprint density at radius 1 is 1.24 bits per heavy atom. The third kappa shape index (κ3) is 2.80. The highest BCUT2D eigenvalue weighted by molar-refractivity contribution is 5.84. The number of benzene rings is 1. The van der Waals surface area contributed by atoms with Crippen LogP contribution in [0.2, 0.25) is 0 Å². The van der Waals surface area contributed by atoms with E-state index in [0.29, 0.717) is 24.6 Å². The molecule has 1 aromatic rings. The molecule has 0 atom stereocenters. The van der Waals surface area contributed by atoms with Gasteiger partial charge in [0.1, 0.15) is 5.41 Å². The van der Waals surface area contributed by atoms with Crippen molar-refractivity contribution in [1.29, 1.82) is 5.26 Å². The fourth-order valence-electron chi connectivity index (χ4n) is 2.50. The highest BCUT2D eigenvalue weighted by atomic mass is 16.5. The van der Waals surface area contributed by atoms with Crippen LogP contribution in [-0.2, 0) is 17.8 Å². The maximum absolute atomic E-state index is 12.4. The van der Waals surface area contributed by atoms with Gasteiger partial charge in [-0.15, -0.1) is 0 Å². The largest absolute Gasteiger partial charge is 0.493 e. The summed E-state index contributed by atoms with van der Waals surface area (Å²) in [5.74, 6) is 1.23. The van der Waals surface area contributed by atoms with Crippen LogP contribution in [-0.4, -0.2) is 31.6 Å². The lowest BCUT2D eigenvalue weighted by atomic mass is 9.91. The maximum Gasteiger partial charge on any atom is 0.242 e. The van der Waals surface area contributed by atoms with Gasteiger partial charge in [0.25, 0.3) is 0 Å². The fourth-order valence-corrected chi connectivity index (χ4v) is 2.50. The van der Waals surface area contributed by atoms with E-state index in [1.165, 1.54) is 0 Å². The normalized spacial score (nSPS) is 14.1. The predicted octanol–water partition coefficient (Wildman–Crippen LogP) is 2.14. The number of ether oxygens (including phenoxy) is 2. The molecule has 0 fully saturated rings. The first-order valence-electron chi connectivity index (χ1n) is 6.87. The summed E-state index contributed by atoms with van der Waals surface area (Å²) < 4.78 is 10.6. The lowest BCUT2D eigenvalue weighted by Crippen LogP contribution is -2.43. The molecule has 0 saturated heterocycles. The van der Waals surface area contributed by atoms with Crippen molar-refractivity contribution in [2.45, 2.75) is 26.8 Å². The van der Waals surface area contributed by atoms with E-state index < -0.39 is 5.41 Å². The Hall–Kier alpha value is -2.22. The molecule has 1 aliphatic rings. The molecule has 1 heterocycles. The van der Waals surface area contributed by atoms with Crippen LogP contribution in [0.15, 0.2) is 12.1 Å². The number of carbonyl (C=O) groups is 1. The average Bonchev–Trinajstić information content (AvgIpc) is 2.51. The van der Waals surface area contributed by atoms with Gasteiger partial charge < -0.3 is 14.4 Å². The molecule has 0 spiro atoms. The summed E-state index contributed by atoms with van der Waals surface area (Å²) >= 11 is 0. The molecule has 112 valence electrons. The van der Waals surface area contributed by atoms with Gasteiger partial charge in [-0.3, -0.25) is 4.79 Å². The highest BCUT2D eigenvalue weighted by Gasteiger charge is 2.33. The van der Waals surface area contributed by atoms with Gasteiger partial charge >= 0.3 is 0 Å². The van der Waals surface area contributed by atoms with Gasteiger partial charge in [0.05, 0.1) is 20.3 Å². The minimum atomic E-state index is -0.992. The molecule has 0 unspecified atom stereocenters. The number of carbonyl (C=O) groups excluding carboxylic acids is 1. The zero-order valence-corrected chi connectivity index (χ0v) is 12.9. The van der Waals surface area contributed by atoms with Crippen molar-refractivity contribution in [2.24, 2.45) is 5.41 Å². The quantitative estimate of drug-likeness (QED) is 0.855. The molecule has 1 aromatic carbocycles. The fraction of sp³-hybridized carbons (Fsp3) is 0.500. The molecule has 0 saturated carbocycles. The first-order chi connectivity index (χ1) is 9.92. The van der Waals surface area contributed by atoms with Gasteiger partial charge in [-0.1, -0.05) is 0 Å². The highest BCUT2D eigenvalue weighted by Crippen LogP contribution is 2.34.